The van der Waals surface area contributed by atoms with E-state index < -0.39 is 4.92 Å². The molecule has 0 aliphatic carbocycles. The fourth-order valence-electron chi connectivity index (χ4n) is 1.54. The topological polar surface area (TPSA) is 72.7 Å². The first kappa shape index (κ1) is 15.6. The second-order valence-electron chi connectivity index (χ2n) is 4.14. The first-order valence-electron chi connectivity index (χ1n) is 5.58. The van der Waals surface area contributed by atoms with Crippen molar-refractivity contribution in [2.75, 3.05) is 20.8 Å². The van der Waals surface area contributed by atoms with Gasteiger partial charge in [-0.25, -0.2) is 0 Å². The molecule has 1 unspecified atom stereocenters. The summed E-state index contributed by atoms with van der Waals surface area (Å²) in [6, 6.07) is 4.21. The van der Waals surface area contributed by atoms with Gasteiger partial charge in [-0.1, -0.05) is 0 Å². The van der Waals surface area contributed by atoms with Crippen LogP contribution in [0.5, 0.6) is 0 Å². The van der Waals surface area contributed by atoms with Gasteiger partial charge in [0.1, 0.15) is 0 Å². The molecule has 0 fully saturated rings. The zero-order valence-electron chi connectivity index (χ0n) is 10.9. The van der Waals surface area contributed by atoms with Crippen molar-refractivity contribution in [3.05, 3.63) is 38.3 Å². The van der Waals surface area contributed by atoms with Crippen LogP contribution >= 0.6 is 15.9 Å². The van der Waals surface area contributed by atoms with Crippen LogP contribution < -0.4 is 0 Å². The molecule has 1 aromatic rings. The molecule has 0 saturated carbocycles. The molecule has 0 bridgehead atoms. The summed E-state index contributed by atoms with van der Waals surface area (Å²) in [4.78, 5) is 24.0. The van der Waals surface area contributed by atoms with Gasteiger partial charge in [-0.05, 0) is 35.0 Å². The molecule has 6 nitrogen and oxygen atoms in total. The number of nitro groups is 1. The first-order chi connectivity index (χ1) is 8.88. The number of carbonyl (C=O) groups is 1. The lowest BCUT2D eigenvalue weighted by molar-refractivity contribution is -0.385. The van der Waals surface area contributed by atoms with Gasteiger partial charge < -0.3 is 9.64 Å². The average molecular weight is 331 g/mol. The lowest BCUT2D eigenvalue weighted by atomic mass is 10.1. The summed E-state index contributed by atoms with van der Waals surface area (Å²) in [5.74, 6) is -0.278. The van der Waals surface area contributed by atoms with E-state index >= 15 is 0 Å². The van der Waals surface area contributed by atoms with E-state index in [4.69, 9.17) is 4.74 Å². The molecule has 0 spiro atoms. The highest BCUT2D eigenvalue weighted by atomic mass is 79.9. The normalized spacial score (nSPS) is 12.0. The summed E-state index contributed by atoms with van der Waals surface area (Å²) in [5.41, 5.74) is 0.152. The van der Waals surface area contributed by atoms with Crippen molar-refractivity contribution in [1.29, 1.82) is 0 Å². The van der Waals surface area contributed by atoms with Crippen LogP contribution in [0.1, 0.15) is 17.3 Å². The van der Waals surface area contributed by atoms with E-state index in [0.717, 1.165) is 0 Å². The molecule has 1 rings (SSSR count). The monoisotopic (exact) mass is 330 g/mol. The van der Waals surface area contributed by atoms with Crippen LogP contribution in [-0.2, 0) is 4.74 Å². The van der Waals surface area contributed by atoms with Crippen LogP contribution in [0.3, 0.4) is 0 Å². The Balaban J connectivity index is 3.00. The van der Waals surface area contributed by atoms with E-state index in [2.05, 4.69) is 15.9 Å². The van der Waals surface area contributed by atoms with Gasteiger partial charge in [0.15, 0.2) is 0 Å². The summed E-state index contributed by atoms with van der Waals surface area (Å²) in [7, 11) is 3.19. The Bertz CT molecular complexity index is 493. The number of rotatable bonds is 5. The molecule has 0 aliphatic rings. The van der Waals surface area contributed by atoms with Crippen molar-refractivity contribution in [3.63, 3.8) is 0 Å². The van der Waals surface area contributed by atoms with Gasteiger partial charge in [0, 0.05) is 25.8 Å². The number of ether oxygens (including phenoxy) is 1. The van der Waals surface area contributed by atoms with E-state index in [1.165, 1.54) is 17.0 Å². The van der Waals surface area contributed by atoms with E-state index in [1.54, 1.807) is 20.2 Å². The molecule has 1 aromatic carbocycles. The Hall–Kier alpha value is -1.47. The van der Waals surface area contributed by atoms with Crippen molar-refractivity contribution in [3.8, 4) is 0 Å². The second kappa shape index (κ2) is 6.63. The van der Waals surface area contributed by atoms with Crippen LogP contribution in [-0.4, -0.2) is 42.5 Å². The van der Waals surface area contributed by atoms with Crippen molar-refractivity contribution in [2.24, 2.45) is 0 Å². The van der Waals surface area contributed by atoms with E-state index in [-0.39, 0.29) is 23.2 Å². The number of benzene rings is 1. The lowest BCUT2D eigenvalue weighted by Crippen LogP contribution is -2.37. The minimum atomic E-state index is -0.528. The Morgan fingerprint density at radius 3 is 2.74 bits per heavy atom. The molecular formula is C12H15BrN2O4. The third-order valence-corrected chi connectivity index (χ3v) is 3.45. The van der Waals surface area contributed by atoms with Crippen LogP contribution in [0, 0.1) is 10.1 Å². The van der Waals surface area contributed by atoms with E-state index in [1.807, 2.05) is 6.92 Å². The third-order valence-electron chi connectivity index (χ3n) is 2.78. The molecule has 0 radical (unpaired) electrons. The number of hydrogen-bond acceptors (Lipinski definition) is 4. The van der Waals surface area contributed by atoms with Gasteiger partial charge in [-0.3, -0.25) is 14.9 Å². The second-order valence-corrected chi connectivity index (χ2v) is 5.00. The maximum atomic E-state index is 12.2. The highest BCUT2D eigenvalue weighted by Crippen LogP contribution is 2.26. The number of likely N-dealkylation sites (N-methyl/N-ethyl adjacent to an activating group) is 1. The molecule has 1 amide bonds. The largest absolute Gasteiger partial charge is 0.383 e. The molecule has 0 saturated heterocycles. The van der Waals surface area contributed by atoms with Crippen molar-refractivity contribution >= 4 is 27.5 Å². The molecule has 0 aromatic heterocycles. The Morgan fingerprint density at radius 1 is 1.58 bits per heavy atom. The van der Waals surface area contributed by atoms with Crippen molar-refractivity contribution in [1.82, 2.24) is 4.90 Å². The van der Waals surface area contributed by atoms with Crippen LogP contribution in [0.25, 0.3) is 0 Å². The van der Waals surface area contributed by atoms with Crippen molar-refractivity contribution < 1.29 is 14.5 Å². The minimum Gasteiger partial charge on any atom is -0.383 e. The van der Waals surface area contributed by atoms with Gasteiger partial charge in [-0.2, -0.15) is 0 Å². The maximum absolute atomic E-state index is 12.2. The molecular weight excluding hydrogens is 316 g/mol. The van der Waals surface area contributed by atoms with Crippen molar-refractivity contribution in [2.45, 2.75) is 13.0 Å². The van der Waals surface area contributed by atoms with Gasteiger partial charge in [0.25, 0.3) is 11.6 Å². The Kier molecular flexibility index (Phi) is 5.44. The molecule has 7 heteroatoms. The number of nitro benzene ring substituents is 1. The Morgan fingerprint density at radius 2 is 2.21 bits per heavy atom. The van der Waals surface area contributed by atoms with E-state index in [0.29, 0.717) is 11.1 Å². The number of amides is 1. The quantitative estimate of drug-likeness (QED) is 0.614. The van der Waals surface area contributed by atoms with Gasteiger partial charge in [0.2, 0.25) is 0 Å². The summed E-state index contributed by atoms with van der Waals surface area (Å²) in [6.45, 7) is 2.25. The number of nitrogens with zero attached hydrogens (tertiary/aromatic N) is 2. The number of hydrogen-bond donors (Lipinski definition) is 0. The molecule has 104 valence electrons. The number of methoxy groups -OCH3 is 1. The van der Waals surface area contributed by atoms with Gasteiger partial charge in [0.05, 0.1) is 22.0 Å². The first-order valence-corrected chi connectivity index (χ1v) is 6.37. The van der Waals surface area contributed by atoms with Crippen LogP contribution in [0.15, 0.2) is 22.7 Å². The van der Waals surface area contributed by atoms with E-state index in [9.17, 15) is 14.9 Å². The van der Waals surface area contributed by atoms with Crippen LogP contribution in [0.2, 0.25) is 0 Å². The van der Waals surface area contributed by atoms with Crippen LogP contribution in [0.4, 0.5) is 5.69 Å². The predicted molar refractivity (Wildman–Crippen MR) is 74.2 cm³/mol. The SMILES string of the molecule is COCC(C)N(C)C(=O)c1ccc(Br)c([N+](=O)[O-])c1. The summed E-state index contributed by atoms with van der Waals surface area (Å²) in [5, 5.41) is 10.8. The summed E-state index contributed by atoms with van der Waals surface area (Å²) >= 11 is 3.08. The summed E-state index contributed by atoms with van der Waals surface area (Å²) in [6.07, 6.45) is 0. The number of halogens is 1. The Labute approximate surface area is 119 Å². The fourth-order valence-corrected chi connectivity index (χ4v) is 1.93. The predicted octanol–water partition coefficient (Wildman–Crippen LogP) is 2.46. The lowest BCUT2D eigenvalue weighted by Gasteiger charge is -2.24. The highest BCUT2D eigenvalue weighted by molar-refractivity contribution is 9.10. The number of carbonyl (C=O) groups excluding carboxylic acids is 1. The smallest absolute Gasteiger partial charge is 0.284 e. The molecule has 0 aliphatic heterocycles. The summed E-state index contributed by atoms with van der Waals surface area (Å²) < 4.78 is 5.33. The molecule has 0 N–H and O–H groups in total. The highest BCUT2D eigenvalue weighted by Gasteiger charge is 2.21. The molecule has 0 heterocycles. The molecule has 19 heavy (non-hydrogen) atoms. The molecule has 1 atom stereocenters. The third kappa shape index (κ3) is 3.74. The zero-order valence-corrected chi connectivity index (χ0v) is 12.5. The van der Waals surface area contributed by atoms with Gasteiger partial charge in [-0.15, -0.1) is 0 Å². The zero-order chi connectivity index (χ0) is 14.6. The standard InChI is InChI=1S/C12H15BrN2O4/c1-8(7-19-3)14(2)12(16)9-4-5-10(13)11(6-9)15(17)18/h4-6,8H,7H2,1-3H3. The minimum absolute atomic E-state index is 0.111. The van der Waals surface area contributed by atoms with Gasteiger partial charge >= 0.3 is 0 Å². The fraction of sp³-hybridized carbons (Fsp3) is 0.417. The average Bonchev–Trinajstić information content (AvgIpc) is 2.37. The maximum Gasteiger partial charge on any atom is 0.284 e.